The Morgan fingerprint density at radius 1 is 1.35 bits per heavy atom. The Kier molecular flexibility index (Phi) is 4.76. The molecule has 1 aromatic carbocycles. The quantitative estimate of drug-likeness (QED) is 0.867. The van der Waals surface area contributed by atoms with Crippen molar-refractivity contribution in [2.45, 2.75) is 6.18 Å². The van der Waals surface area contributed by atoms with Gasteiger partial charge in [-0.2, -0.15) is 13.2 Å². The number of nitrogens with two attached hydrogens (primary N) is 1. The van der Waals surface area contributed by atoms with Crippen LogP contribution in [0.1, 0.15) is 0 Å². The van der Waals surface area contributed by atoms with Crippen molar-refractivity contribution in [3.05, 3.63) is 28.5 Å². The molecule has 0 aliphatic carbocycles. The van der Waals surface area contributed by atoms with Crippen molar-refractivity contribution in [2.75, 3.05) is 13.2 Å². The second-order valence-electron chi connectivity index (χ2n) is 3.36. The molecule has 0 aromatic heterocycles. The lowest BCUT2D eigenvalue weighted by atomic mass is 10.1. The molecule has 0 heterocycles. The molecular weight excluding hydrogens is 306 g/mol. The van der Waals surface area contributed by atoms with Gasteiger partial charge in [-0.05, 0) is 28.1 Å². The van der Waals surface area contributed by atoms with Crippen LogP contribution in [-0.2, 0) is 0 Å². The molecule has 0 bridgehead atoms. The maximum Gasteiger partial charge on any atom is 0.396 e. The van der Waals surface area contributed by atoms with Gasteiger partial charge < -0.3 is 10.5 Å². The van der Waals surface area contributed by atoms with Crippen LogP contribution >= 0.6 is 15.9 Å². The van der Waals surface area contributed by atoms with Crippen LogP contribution in [0, 0.1) is 11.7 Å². The van der Waals surface area contributed by atoms with Crippen LogP contribution in [0.25, 0.3) is 0 Å². The van der Waals surface area contributed by atoms with Crippen molar-refractivity contribution >= 4 is 15.9 Å². The lowest BCUT2D eigenvalue weighted by Gasteiger charge is -2.18. The normalized spacial score (nSPS) is 13.5. The number of hydrogen-bond acceptors (Lipinski definition) is 2. The van der Waals surface area contributed by atoms with Crippen LogP contribution in [0.3, 0.4) is 0 Å². The zero-order valence-corrected chi connectivity index (χ0v) is 10.2. The first-order chi connectivity index (χ1) is 7.84. The Balaban J connectivity index is 2.63. The Labute approximate surface area is 104 Å². The fraction of sp³-hybridized carbons (Fsp3) is 0.400. The minimum Gasteiger partial charge on any atom is -0.493 e. The summed E-state index contributed by atoms with van der Waals surface area (Å²) < 4.78 is 55.1. The van der Waals surface area contributed by atoms with Gasteiger partial charge in [0.2, 0.25) is 0 Å². The maximum absolute atomic E-state index is 13.0. The molecule has 17 heavy (non-hydrogen) atoms. The molecule has 0 saturated carbocycles. The summed E-state index contributed by atoms with van der Waals surface area (Å²) in [4.78, 5) is 0. The highest BCUT2D eigenvalue weighted by Gasteiger charge is 2.39. The molecule has 0 amide bonds. The van der Waals surface area contributed by atoms with Crippen LogP contribution < -0.4 is 10.5 Å². The van der Waals surface area contributed by atoms with E-state index in [0.717, 1.165) is 6.07 Å². The molecular formula is C10H10BrF4NO. The molecule has 96 valence electrons. The maximum atomic E-state index is 13.0. The first kappa shape index (κ1) is 14.2. The molecule has 2 nitrogen and oxygen atoms in total. The number of hydrogen-bond donors (Lipinski definition) is 1. The van der Waals surface area contributed by atoms with Gasteiger partial charge in [-0.25, -0.2) is 4.39 Å². The molecule has 0 fully saturated rings. The third kappa shape index (κ3) is 4.16. The van der Waals surface area contributed by atoms with Gasteiger partial charge in [-0.3, -0.25) is 0 Å². The Morgan fingerprint density at radius 3 is 2.47 bits per heavy atom. The second kappa shape index (κ2) is 5.68. The highest BCUT2D eigenvalue weighted by Crippen LogP contribution is 2.27. The monoisotopic (exact) mass is 315 g/mol. The molecule has 1 unspecified atom stereocenters. The van der Waals surface area contributed by atoms with E-state index in [4.69, 9.17) is 10.5 Å². The van der Waals surface area contributed by atoms with Gasteiger partial charge in [0.25, 0.3) is 0 Å². The molecule has 2 N–H and O–H groups in total. The summed E-state index contributed by atoms with van der Waals surface area (Å²) in [6, 6.07) is 3.74. The van der Waals surface area contributed by atoms with E-state index < -0.39 is 31.1 Å². The fourth-order valence-corrected chi connectivity index (χ4v) is 1.31. The summed E-state index contributed by atoms with van der Waals surface area (Å²) in [6.45, 7) is -1.19. The second-order valence-corrected chi connectivity index (χ2v) is 4.22. The molecule has 1 rings (SSSR count). The largest absolute Gasteiger partial charge is 0.493 e. The highest BCUT2D eigenvalue weighted by molar-refractivity contribution is 9.10. The van der Waals surface area contributed by atoms with Gasteiger partial charge in [0.1, 0.15) is 24.1 Å². The van der Waals surface area contributed by atoms with Gasteiger partial charge in [0.15, 0.2) is 0 Å². The van der Waals surface area contributed by atoms with Crippen LogP contribution in [0.4, 0.5) is 17.6 Å². The van der Waals surface area contributed by atoms with Crippen molar-refractivity contribution in [3.8, 4) is 5.75 Å². The van der Waals surface area contributed by atoms with E-state index in [0.29, 0.717) is 0 Å². The first-order valence-corrected chi connectivity index (χ1v) is 5.48. The molecule has 0 aliphatic rings. The van der Waals surface area contributed by atoms with E-state index in [1.165, 1.54) is 12.1 Å². The molecule has 7 heteroatoms. The van der Waals surface area contributed by atoms with Crippen molar-refractivity contribution in [1.29, 1.82) is 0 Å². The van der Waals surface area contributed by atoms with Gasteiger partial charge in [0, 0.05) is 12.6 Å². The highest BCUT2D eigenvalue weighted by atomic mass is 79.9. The average Bonchev–Trinajstić information content (AvgIpc) is 2.22. The molecule has 0 spiro atoms. The number of benzene rings is 1. The van der Waals surface area contributed by atoms with E-state index in [9.17, 15) is 17.6 Å². The smallest absolute Gasteiger partial charge is 0.396 e. The van der Waals surface area contributed by atoms with Gasteiger partial charge in [0.05, 0.1) is 4.47 Å². The summed E-state index contributed by atoms with van der Waals surface area (Å²) in [5, 5.41) is 0. The van der Waals surface area contributed by atoms with Crippen LogP contribution in [0.5, 0.6) is 5.75 Å². The SMILES string of the molecule is NCC(COc1ccc(Br)c(F)c1)C(F)(F)F. The van der Waals surface area contributed by atoms with E-state index in [2.05, 4.69) is 15.9 Å². The lowest BCUT2D eigenvalue weighted by Crippen LogP contribution is -2.35. The van der Waals surface area contributed by atoms with E-state index in [1.807, 2.05) is 0 Å². The molecule has 0 aliphatic heterocycles. The van der Waals surface area contributed by atoms with E-state index in [-0.39, 0.29) is 10.2 Å². The molecule has 1 atom stereocenters. The fourth-order valence-electron chi connectivity index (χ4n) is 1.06. The lowest BCUT2D eigenvalue weighted by molar-refractivity contribution is -0.178. The van der Waals surface area contributed by atoms with Gasteiger partial charge >= 0.3 is 6.18 Å². The number of rotatable bonds is 4. The van der Waals surface area contributed by atoms with Crippen LogP contribution in [0.15, 0.2) is 22.7 Å². The molecule has 0 radical (unpaired) electrons. The number of halogens is 5. The number of ether oxygens (including phenoxy) is 1. The van der Waals surface area contributed by atoms with Crippen molar-refractivity contribution in [1.82, 2.24) is 0 Å². The Morgan fingerprint density at radius 2 is 2.00 bits per heavy atom. The van der Waals surface area contributed by atoms with Crippen molar-refractivity contribution < 1.29 is 22.3 Å². The van der Waals surface area contributed by atoms with E-state index in [1.54, 1.807) is 0 Å². The topological polar surface area (TPSA) is 35.2 Å². The minimum absolute atomic E-state index is 0.0356. The summed E-state index contributed by atoms with van der Waals surface area (Å²) in [7, 11) is 0. The molecule has 0 saturated heterocycles. The van der Waals surface area contributed by atoms with Gasteiger partial charge in [-0.15, -0.1) is 0 Å². The Hall–Kier alpha value is -0.820. The third-order valence-corrected chi connectivity index (χ3v) is 2.73. The predicted molar refractivity (Wildman–Crippen MR) is 58.2 cm³/mol. The van der Waals surface area contributed by atoms with Gasteiger partial charge in [-0.1, -0.05) is 0 Å². The standard InChI is InChI=1S/C10H10BrF4NO/c11-8-2-1-7(3-9(8)12)17-5-6(4-16)10(13,14)15/h1-3,6H,4-5,16H2. The van der Waals surface area contributed by atoms with E-state index >= 15 is 0 Å². The third-order valence-electron chi connectivity index (χ3n) is 2.09. The predicted octanol–water partition coefficient (Wildman–Crippen LogP) is 3.10. The van der Waals surface area contributed by atoms with Crippen molar-refractivity contribution in [3.63, 3.8) is 0 Å². The zero-order valence-electron chi connectivity index (χ0n) is 8.60. The average molecular weight is 316 g/mol. The summed E-state index contributed by atoms with van der Waals surface area (Å²) in [6.07, 6.45) is -4.41. The van der Waals surface area contributed by atoms with Crippen LogP contribution in [0.2, 0.25) is 0 Å². The minimum atomic E-state index is -4.41. The van der Waals surface area contributed by atoms with Crippen molar-refractivity contribution in [2.24, 2.45) is 11.7 Å². The van der Waals surface area contributed by atoms with Crippen LogP contribution in [-0.4, -0.2) is 19.3 Å². The molecule has 1 aromatic rings. The first-order valence-electron chi connectivity index (χ1n) is 4.69. The number of alkyl halides is 3. The Bertz CT molecular complexity index is 383. The summed E-state index contributed by atoms with van der Waals surface area (Å²) >= 11 is 2.92. The summed E-state index contributed by atoms with van der Waals surface area (Å²) in [5.74, 6) is -2.32. The zero-order chi connectivity index (χ0) is 13.1. The summed E-state index contributed by atoms with van der Waals surface area (Å²) in [5.41, 5.74) is 5.00.